The summed E-state index contributed by atoms with van der Waals surface area (Å²) in [4.78, 5) is 12.4. The second-order valence-corrected chi connectivity index (χ2v) is 6.87. The lowest BCUT2D eigenvalue weighted by Crippen LogP contribution is -2.25. The molecule has 0 bridgehead atoms. The minimum Gasteiger partial charge on any atom is -0.497 e. The molecule has 3 rings (SSSR count). The summed E-state index contributed by atoms with van der Waals surface area (Å²) in [6, 6.07) is 7.19. The highest BCUT2D eigenvalue weighted by Crippen LogP contribution is 2.34. The third-order valence-electron chi connectivity index (χ3n) is 4.85. The topological polar surface area (TPSA) is 47.6 Å². The number of methoxy groups -OCH3 is 1. The average Bonchev–Trinajstić information content (AvgIpc) is 3.20. The summed E-state index contributed by atoms with van der Waals surface area (Å²) in [6.07, 6.45) is -1.00. The Hall–Kier alpha value is -2.77. The number of rotatable bonds is 6. The molecule has 0 spiro atoms. The first-order valence-electron chi connectivity index (χ1n) is 9.26. The van der Waals surface area contributed by atoms with Gasteiger partial charge in [-0.25, -0.2) is 4.39 Å². The zero-order valence-electron chi connectivity index (χ0n) is 15.8. The van der Waals surface area contributed by atoms with Crippen LogP contribution in [-0.2, 0) is 12.7 Å². The van der Waals surface area contributed by atoms with Crippen molar-refractivity contribution in [3.63, 3.8) is 0 Å². The molecule has 156 valence electrons. The Kier molecular flexibility index (Phi) is 6.30. The van der Waals surface area contributed by atoms with E-state index < -0.39 is 23.5 Å². The molecule has 1 N–H and O–H groups in total. The van der Waals surface area contributed by atoms with Crippen LogP contribution < -0.4 is 14.8 Å². The maximum absolute atomic E-state index is 14.0. The van der Waals surface area contributed by atoms with E-state index in [4.69, 9.17) is 9.47 Å². The quantitative estimate of drug-likeness (QED) is 0.673. The van der Waals surface area contributed by atoms with E-state index in [0.29, 0.717) is 0 Å². The molecule has 29 heavy (non-hydrogen) atoms. The molecule has 8 heteroatoms. The van der Waals surface area contributed by atoms with Crippen molar-refractivity contribution in [2.75, 3.05) is 7.11 Å². The van der Waals surface area contributed by atoms with Crippen LogP contribution in [-0.4, -0.2) is 19.1 Å². The predicted octanol–water partition coefficient (Wildman–Crippen LogP) is 5.10. The minimum absolute atomic E-state index is 0.0232. The Labute approximate surface area is 165 Å². The Morgan fingerprint density at radius 1 is 1.14 bits per heavy atom. The van der Waals surface area contributed by atoms with Gasteiger partial charge in [-0.05, 0) is 61.6 Å². The number of carbonyl (C=O) groups is 1. The maximum Gasteiger partial charge on any atom is 0.416 e. The lowest BCUT2D eigenvalue weighted by atomic mass is 10.1. The van der Waals surface area contributed by atoms with Gasteiger partial charge in [0.15, 0.2) is 11.6 Å². The van der Waals surface area contributed by atoms with Crippen LogP contribution in [0, 0.1) is 5.82 Å². The molecule has 0 atom stereocenters. The van der Waals surface area contributed by atoms with Crippen molar-refractivity contribution in [3.05, 3.63) is 58.9 Å². The van der Waals surface area contributed by atoms with Gasteiger partial charge in [0.1, 0.15) is 5.75 Å². The van der Waals surface area contributed by atoms with Gasteiger partial charge in [0.05, 0.1) is 18.8 Å². The first-order chi connectivity index (χ1) is 13.8. The second kappa shape index (κ2) is 8.71. The van der Waals surface area contributed by atoms with Gasteiger partial charge in [-0.2, -0.15) is 13.2 Å². The molecular weight excluding hydrogens is 390 g/mol. The van der Waals surface area contributed by atoms with Crippen molar-refractivity contribution in [2.24, 2.45) is 0 Å². The third kappa shape index (κ3) is 5.19. The average molecular weight is 411 g/mol. The van der Waals surface area contributed by atoms with E-state index >= 15 is 0 Å². The molecule has 0 radical (unpaired) electrons. The summed E-state index contributed by atoms with van der Waals surface area (Å²) in [5.74, 6) is -1.15. The normalized spacial score (nSPS) is 14.7. The fourth-order valence-corrected chi connectivity index (χ4v) is 3.30. The van der Waals surface area contributed by atoms with Crippen molar-refractivity contribution in [2.45, 2.75) is 44.5 Å². The Morgan fingerprint density at radius 3 is 2.52 bits per heavy atom. The summed E-state index contributed by atoms with van der Waals surface area (Å²) in [5, 5.41) is 2.45. The number of halogens is 4. The summed E-state index contributed by atoms with van der Waals surface area (Å²) < 4.78 is 64.3. The third-order valence-corrected chi connectivity index (χ3v) is 4.85. The van der Waals surface area contributed by atoms with Crippen LogP contribution in [0.2, 0.25) is 0 Å². The molecule has 1 aliphatic rings. The summed E-state index contributed by atoms with van der Waals surface area (Å²) in [5.41, 5.74) is -0.876. The molecule has 1 amide bonds. The molecule has 2 aromatic rings. The molecule has 2 aromatic carbocycles. The Morgan fingerprint density at radius 2 is 1.86 bits per heavy atom. The number of nitrogens with one attached hydrogen (secondary N) is 1. The summed E-state index contributed by atoms with van der Waals surface area (Å²) in [6.45, 7) is -0.339. The van der Waals surface area contributed by atoms with E-state index in [1.165, 1.54) is 31.4 Å². The van der Waals surface area contributed by atoms with Gasteiger partial charge in [-0.15, -0.1) is 0 Å². The number of hydrogen-bond donors (Lipinski definition) is 1. The summed E-state index contributed by atoms with van der Waals surface area (Å²) >= 11 is 0. The molecule has 0 aliphatic heterocycles. The molecule has 0 aromatic heterocycles. The molecule has 0 unspecified atom stereocenters. The summed E-state index contributed by atoms with van der Waals surface area (Å²) in [7, 11) is 1.27. The fraction of sp³-hybridized carbons (Fsp3) is 0.381. The lowest BCUT2D eigenvalue weighted by molar-refractivity contribution is -0.138. The van der Waals surface area contributed by atoms with E-state index in [2.05, 4.69) is 5.32 Å². The molecule has 1 fully saturated rings. The Balaban J connectivity index is 1.72. The van der Waals surface area contributed by atoms with E-state index in [-0.39, 0.29) is 35.3 Å². The standard InChI is InChI=1S/C21H21F4NO3/c1-28-16-8-6-14(17(11-16)21(23,24)25)12-26-20(27)13-7-9-18(22)19(10-13)29-15-4-2-3-5-15/h6-11,15H,2-5,12H2,1H3,(H,26,27). The highest BCUT2D eigenvalue weighted by atomic mass is 19.4. The van der Waals surface area contributed by atoms with E-state index in [1.807, 2.05) is 0 Å². The van der Waals surface area contributed by atoms with Crippen LogP contribution in [0.4, 0.5) is 17.6 Å². The minimum atomic E-state index is -4.59. The zero-order valence-corrected chi connectivity index (χ0v) is 15.8. The lowest BCUT2D eigenvalue weighted by Gasteiger charge is -2.16. The maximum atomic E-state index is 14.0. The molecule has 0 saturated heterocycles. The van der Waals surface area contributed by atoms with Gasteiger partial charge >= 0.3 is 6.18 Å². The van der Waals surface area contributed by atoms with Gasteiger partial charge < -0.3 is 14.8 Å². The van der Waals surface area contributed by atoms with Gasteiger partial charge in [0.2, 0.25) is 0 Å². The Bertz CT molecular complexity index is 877. The van der Waals surface area contributed by atoms with Crippen LogP contribution >= 0.6 is 0 Å². The van der Waals surface area contributed by atoms with Crippen molar-refractivity contribution in [1.29, 1.82) is 0 Å². The van der Waals surface area contributed by atoms with Crippen LogP contribution in [0.25, 0.3) is 0 Å². The van der Waals surface area contributed by atoms with Crippen LogP contribution in [0.5, 0.6) is 11.5 Å². The molecular formula is C21H21F4NO3. The van der Waals surface area contributed by atoms with E-state index in [9.17, 15) is 22.4 Å². The van der Waals surface area contributed by atoms with Crippen molar-refractivity contribution < 1.29 is 31.8 Å². The number of benzene rings is 2. The van der Waals surface area contributed by atoms with E-state index in [0.717, 1.165) is 37.8 Å². The highest BCUT2D eigenvalue weighted by Gasteiger charge is 2.33. The molecule has 1 saturated carbocycles. The smallest absolute Gasteiger partial charge is 0.416 e. The first kappa shape index (κ1) is 21.0. The molecule has 4 nitrogen and oxygen atoms in total. The van der Waals surface area contributed by atoms with Crippen LogP contribution in [0.1, 0.15) is 47.2 Å². The second-order valence-electron chi connectivity index (χ2n) is 6.87. The van der Waals surface area contributed by atoms with Gasteiger partial charge in [-0.3, -0.25) is 4.79 Å². The van der Waals surface area contributed by atoms with Crippen molar-refractivity contribution in [3.8, 4) is 11.5 Å². The predicted molar refractivity (Wildman–Crippen MR) is 98.5 cm³/mol. The monoisotopic (exact) mass is 411 g/mol. The number of ether oxygens (including phenoxy) is 2. The highest BCUT2D eigenvalue weighted by molar-refractivity contribution is 5.94. The number of amides is 1. The fourth-order valence-electron chi connectivity index (χ4n) is 3.30. The van der Waals surface area contributed by atoms with Gasteiger partial charge in [0.25, 0.3) is 5.91 Å². The van der Waals surface area contributed by atoms with E-state index in [1.54, 1.807) is 0 Å². The first-order valence-corrected chi connectivity index (χ1v) is 9.26. The molecule has 1 aliphatic carbocycles. The largest absolute Gasteiger partial charge is 0.497 e. The van der Waals surface area contributed by atoms with Crippen molar-refractivity contribution >= 4 is 5.91 Å². The number of hydrogen-bond acceptors (Lipinski definition) is 3. The van der Waals surface area contributed by atoms with Crippen molar-refractivity contribution in [1.82, 2.24) is 5.32 Å². The SMILES string of the molecule is COc1ccc(CNC(=O)c2ccc(F)c(OC3CCCC3)c2)c(C(F)(F)F)c1. The zero-order chi connectivity index (χ0) is 21.0. The van der Waals surface area contributed by atoms with Gasteiger partial charge in [-0.1, -0.05) is 6.07 Å². The molecule has 0 heterocycles. The van der Waals surface area contributed by atoms with Crippen LogP contribution in [0.15, 0.2) is 36.4 Å². The van der Waals surface area contributed by atoms with Crippen LogP contribution in [0.3, 0.4) is 0 Å². The van der Waals surface area contributed by atoms with Gasteiger partial charge in [0, 0.05) is 12.1 Å². The number of carbonyl (C=O) groups excluding carboxylic acids is 1. The number of alkyl halides is 3.